The summed E-state index contributed by atoms with van der Waals surface area (Å²) < 4.78 is 21.8. The van der Waals surface area contributed by atoms with Crippen LogP contribution in [-0.4, -0.2) is 48.1 Å². The number of pyridine rings is 1. The fourth-order valence-corrected chi connectivity index (χ4v) is 2.30. The van der Waals surface area contributed by atoms with Crippen molar-refractivity contribution in [3.05, 3.63) is 36.4 Å². The molecule has 0 saturated carbocycles. The van der Waals surface area contributed by atoms with Crippen LogP contribution in [0.5, 0.6) is 11.6 Å². The van der Waals surface area contributed by atoms with Crippen LogP contribution in [0.1, 0.15) is 13.3 Å². The number of aromatic nitrogens is 2. The van der Waals surface area contributed by atoms with Gasteiger partial charge < -0.3 is 23.7 Å². The first-order chi connectivity index (χ1) is 12.7. The van der Waals surface area contributed by atoms with Gasteiger partial charge in [-0.1, -0.05) is 0 Å². The topological polar surface area (TPSA) is 86.8 Å². The van der Waals surface area contributed by atoms with E-state index in [0.717, 1.165) is 11.3 Å². The number of hydrogen-bond donors (Lipinski definition) is 1. The first kappa shape index (κ1) is 18.2. The van der Waals surface area contributed by atoms with E-state index in [-0.39, 0.29) is 6.10 Å². The molecule has 0 amide bonds. The summed E-state index contributed by atoms with van der Waals surface area (Å²) in [5.74, 6) is 1.72. The molecular formula is C19H22N2O5. The molecule has 2 heterocycles. The fraction of sp³-hybridized carbons (Fsp3) is 0.368. The van der Waals surface area contributed by atoms with E-state index in [2.05, 4.69) is 9.97 Å². The van der Waals surface area contributed by atoms with Gasteiger partial charge in [-0.15, -0.1) is 0 Å². The van der Waals surface area contributed by atoms with E-state index in [1.54, 1.807) is 20.1 Å². The Balaban J connectivity index is 1.60. The minimum Gasteiger partial charge on any atom is -0.497 e. The Morgan fingerprint density at radius 1 is 1.04 bits per heavy atom. The van der Waals surface area contributed by atoms with Gasteiger partial charge in [0.05, 0.1) is 19.8 Å². The van der Waals surface area contributed by atoms with Crippen LogP contribution in [0, 0.1) is 0 Å². The van der Waals surface area contributed by atoms with E-state index in [4.69, 9.17) is 23.7 Å². The number of nitrogens with zero attached hydrogens (tertiary/aromatic N) is 2. The lowest BCUT2D eigenvalue weighted by molar-refractivity contribution is 0.0695. The van der Waals surface area contributed by atoms with Gasteiger partial charge in [0.15, 0.2) is 0 Å². The maximum Gasteiger partial charge on any atom is 0.250 e. The Bertz CT molecular complexity index is 830. The average molecular weight is 358 g/mol. The lowest BCUT2D eigenvalue weighted by Gasteiger charge is -2.07. The molecular weight excluding hydrogens is 336 g/mol. The van der Waals surface area contributed by atoms with Gasteiger partial charge in [-0.05, 0) is 43.7 Å². The smallest absolute Gasteiger partial charge is 0.250 e. The van der Waals surface area contributed by atoms with Crippen molar-refractivity contribution in [3.8, 4) is 23.1 Å². The molecule has 7 heteroatoms. The molecule has 0 aliphatic rings. The molecule has 1 atom stereocenters. The van der Waals surface area contributed by atoms with Crippen molar-refractivity contribution in [1.29, 1.82) is 0 Å². The lowest BCUT2D eigenvalue weighted by atomic mass is 10.2. The first-order valence-electron chi connectivity index (χ1n) is 8.46. The average Bonchev–Trinajstić information content (AvgIpc) is 3.07. The Hall–Kier alpha value is -2.64. The van der Waals surface area contributed by atoms with Crippen LogP contribution in [-0.2, 0) is 4.74 Å². The number of aliphatic hydroxyl groups excluding tert-OH is 1. The minimum absolute atomic E-state index is 0.355. The number of benzene rings is 1. The highest BCUT2D eigenvalue weighted by atomic mass is 16.5. The Morgan fingerprint density at radius 3 is 2.58 bits per heavy atom. The molecule has 0 radical (unpaired) electrons. The highest BCUT2D eigenvalue weighted by Crippen LogP contribution is 2.26. The number of hydrogen-bond acceptors (Lipinski definition) is 7. The van der Waals surface area contributed by atoms with Crippen LogP contribution in [0.4, 0.5) is 0 Å². The van der Waals surface area contributed by atoms with Crippen LogP contribution in [0.25, 0.3) is 22.7 Å². The Labute approximate surface area is 151 Å². The number of ether oxygens (including phenoxy) is 3. The molecule has 0 fully saturated rings. The maximum absolute atomic E-state index is 9.15. The van der Waals surface area contributed by atoms with Crippen molar-refractivity contribution in [2.45, 2.75) is 19.4 Å². The predicted molar refractivity (Wildman–Crippen MR) is 96.4 cm³/mol. The zero-order valence-corrected chi connectivity index (χ0v) is 14.8. The number of rotatable bonds is 9. The van der Waals surface area contributed by atoms with Crippen molar-refractivity contribution < 1.29 is 23.7 Å². The normalized spacial score (nSPS) is 12.3. The minimum atomic E-state index is -0.355. The summed E-state index contributed by atoms with van der Waals surface area (Å²) in [6.07, 6.45) is 0.252. The molecule has 1 aromatic carbocycles. The molecule has 0 saturated heterocycles. The van der Waals surface area contributed by atoms with Gasteiger partial charge in [0, 0.05) is 18.2 Å². The van der Waals surface area contributed by atoms with Crippen LogP contribution in [0.2, 0.25) is 0 Å². The highest BCUT2D eigenvalue weighted by Gasteiger charge is 2.10. The summed E-state index contributed by atoms with van der Waals surface area (Å²) >= 11 is 0. The molecule has 0 aliphatic carbocycles. The second-order valence-electron chi connectivity index (χ2n) is 5.82. The number of oxazole rings is 1. The molecule has 0 bridgehead atoms. The van der Waals surface area contributed by atoms with E-state index in [1.165, 1.54) is 0 Å². The third kappa shape index (κ3) is 4.71. The standard InChI is InChI=1S/C19H22N2O5/c1-13(22)9-10-24-11-12-25-17-8-7-16-19(21-17)26-18(20-16)14-3-5-15(23-2)6-4-14/h3-8,13,22H,9-12H2,1-2H3. The Morgan fingerprint density at radius 2 is 1.85 bits per heavy atom. The fourth-order valence-electron chi connectivity index (χ4n) is 2.30. The van der Waals surface area contributed by atoms with E-state index in [0.29, 0.717) is 49.2 Å². The van der Waals surface area contributed by atoms with Gasteiger partial charge in [0.2, 0.25) is 11.8 Å². The van der Waals surface area contributed by atoms with E-state index in [9.17, 15) is 0 Å². The zero-order valence-electron chi connectivity index (χ0n) is 14.8. The van der Waals surface area contributed by atoms with Gasteiger partial charge >= 0.3 is 0 Å². The monoisotopic (exact) mass is 358 g/mol. The molecule has 26 heavy (non-hydrogen) atoms. The van der Waals surface area contributed by atoms with Gasteiger partial charge in [-0.2, -0.15) is 4.98 Å². The number of fused-ring (bicyclic) bond motifs is 1. The lowest BCUT2D eigenvalue weighted by Crippen LogP contribution is -2.11. The Kier molecular flexibility index (Phi) is 6.04. The second-order valence-corrected chi connectivity index (χ2v) is 5.82. The van der Waals surface area contributed by atoms with Crippen LogP contribution in [0.3, 0.4) is 0 Å². The van der Waals surface area contributed by atoms with Crippen molar-refractivity contribution in [3.63, 3.8) is 0 Å². The molecule has 1 unspecified atom stereocenters. The van der Waals surface area contributed by atoms with Crippen LogP contribution in [0.15, 0.2) is 40.8 Å². The third-order valence-corrected chi connectivity index (χ3v) is 3.72. The van der Waals surface area contributed by atoms with Gasteiger partial charge in [0.25, 0.3) is 5.71 Å². The third-order valence-electron chi connectivity index (χ3n) is 3.72. The van der Waals surface area contributed by atoms with Crippen LogP contribution >= 0.6 is 0 Å². The summed E-state index contributed by atoms with van der Waals surface area (Å²) in [6.45, 7) is 3.04. The predicted octanol–water partition coefficient (Wildman–Crippen LogP) is 3.06. The first-order valence-corrected chi connectivity index (χ1v) is 8.46. The maximum atomic E-state index is 9.15. The quantitative estimate of drug-likeness (QED) is 0.588. The molecule has 138 valence electrons. The highest BCUT2D eigenvalue weighted by molar-refractivity contribution is 5.73. The van der Waals surface area contributed by atoms with Gasteiger partial charge in [0.1, 0.15) is 17.9 Å². The van der Waals surface area contributed by atoms with E-state index >= 15 is 0 Å². The van der Waals surface area contributed by atoms with Crippen molar-refractivity contribution >= 4 is 11.2 Å². The summed E-state index contributed by atoms with van der Waals surface area (Å²) in [4.78, 5) is 8.77. The van der Waals surface area contributed by atoms with Crippen molar-refractivity contribution in [2.75, 3.05) is 26.9 Å². The van der Waals surface area contributed by atoms with Gasteiger partial charge in [-0.25, -0.2) is 4.98 Å². The molecule has 1 N–H and O–H groups in total. The summed E-state index contributed by atoms with van der Waals surface area (Å²) in [5, 5.41) is 9.15. The molecule has 2 aromatic heterocycles. The summed E-state index contributed by atoms with van der Waals surface area (Å²) in [7, 11) is 1.62. The number of aliphatic hydroxyl groups is 1. The molecule has 3 aromatic rings. The second kappa shape index (κ2) is 8.64. The zero-order chi connectivity index (χ0) is 18.4. The van der Waals surface area contributed by atoms with E-state index in [1.807, 2.05) is 30.3 Å². The van der Waals surface area contributed by atoms with Crippen LogP contribution < -0.4 is 9.47 Å². The molecule has 0 aliphatic heterocycles. The van der Waals surface area contributed by atoms with Crippen molar-refractivity contribution in [2.24, 2.45) is 0 Å². The summed E-state index contributed by atoms with van der Waals surface area (Å²) in [6, 6.07) is 11.0. The van der Waals surface area contributed by atoms with Gasteiger partial charge in [-0.3, -0.25) is 0 Å². The molecule has 3 rings (SSSR count). The summed E-state index contributed by atoms with van der Waals surface area (Å²) in [5.41, 5.74) is 1.93. The largest absolute Gasteiger partial charge is 0.497 e. The van der Waals surface area contributed by atoms with E-state index < -0.39 is 0 Å². The SMILES string of the molecule is COc1ccc(-c2nc3ccc(OCCOCCC(C)O)nc3o2)cc1. The van der Waals surface area contributed by atoms with Crippen molar-refractivity contribution in [1.82, 2.24) is 9.97 Å². The molecule has 7 nitrogen and oxygen atoms in total. The number of methoxy groups -OCH3 is 1. The molecule has 0 spiro atoms.